The van der Waals surface area contributed by atoms with Crippen LogP contribution in [0.4, 0.5) is 0 Å². The van der Waals surface area contributed by atoms with Crippen molar-refractivity contribution in [3.05, 3.63) is 18.0 Å². The molecule has 0 unspecified atom stereocenters. The number of likely N-dealkylation sites (tertiary alicyclic amines) is 1. The van der Waals surface area contributed by atoms with E-state index < -0.39 is 0 Å². The van der Waals surface area contributed by atoms with Crippen LogP contribution in [0, 0.1) is 5.92 Å². The van der Waals surface area contributed by atoms with Gasteiger partial charge in [-0.05, 0) is 32.9 Å². The topological polar surface area (TPSA) is 70.5 Å². The highest BCUT2D eigenvalue weighted by molar-refractivity contribution is 7.99. The lowest BCUT2D eigenvalue weighted by Crippen LogP contribution is -2.44. The summed E-state index contributed by atoms with van der Waals surface area (Å²) in [4.78, 5) is 29.6. The molecular formula is C18H29N5O2S. The highest BCUT2D eigenvalue weighted by Gasteiger charge is 2.31. The van der Waals surface area contributed by atoms with Gasteiger partial charge in [-0.1, -0.05) is 0 Å². The van der Waals surface area contributed by atoms with Gasteiger partial charge in [0.1, 0.15) is 5.69 Å². The van der Waals surface area contributed by atoms with Crippen molar-refractivity contribution in [2.75, 3.05) is 44.7 Å². The number of hydrogen-bond donors (Lipinski definition) is 1. The molecule has 2 amide bonds. The molecule has 2 aliphatic heterocycles. The molecule has 0 spiro atoms. The average molecular weight is 380 g/mol. The highest BCUT2D eigenvalue weighted by atomic mass is 32.2. The molecule has 26 heavy (non-hydrogen) atoms. The van der Waals surface area contributed by atoms with Crippen LogP contribution in [0.2, 0.25) is 0 Å². The third kappa shape index (κ3) is 4.59. The molecule has 0 saturated carbocycles. The van der Waals surface area contributed by atoms with Gasteiger partial charge in [-0.25, -0.2) is 0 Å². The Hall–Kier alpha value is -1.54. The van der Waals surface area contributed by atoms with E-state index in [0.717, 1.165) is 50.5 Å². The quantitative estimate of drug-likeness (QED) is 0.842. The van der Waals surface area contributed by atoms with Crippen LogP contribution in [0.5, 0.6) is 0 Å². The number of likely N-dealkylation sites (N-methyl/N-ethyl adjacent to an activating group) is 1. The van der Waals surface area contributed by atoms with Crippen molar-refractivity contribution in [2.45, 2.75) is 32.4 Å². The van der Waals surface area contributed by atoms with Gasteiger partial charge in [0.2, 0.25) is 5.91 Å². The smallest absolute Gasteiger partial charge is 0.269 e. The fourth-order valence-corrected chi connectivity index (χ4v) is 4.71. The first-order valence-electron chi connectivity index (χ1n) is 9.46. The molecule has 0 bridgehead atoms. The van der Waals surface area contributed by atoms with Crippen molar-refractivity contribution in [1.29, 1.82) is 0 Å². The van der Waals surface area contributed by atoms with Crippen molar-refractivity contribution in [3.63, 3.8) is 0 Å². The number of hydrogen-bond acceptors (Lipinski definition) is 5. The van der Waals surface area contributed by atoms with Crippen LogP contribution in [0.3, 0.4) is 0 Å². The molecule has 1 N–H and O–H groups in total. The Kier molecular flexibility index (Phi) is 6.58. The second-order valence-corrected chi connectivity index (χ2v) is 8.36. The van der Waals surface area contributed by atoms with Crippen LogP contribution in [0.15, 0.2) is 12.3 Å². The lowest BCUT2D eigenvalue weighted by Gasteiger charge is -2.30. The summed E-state index contributed by atoms with van der Waals surface area (Å²) < 4.78 is 1.70. The lowest BCUT2D eigenvalue weighted by atomic mass is 10.00. The Morgan fingerprint density at radius 2 is 2.04 bits per heavy atom. The monoisotopic (exact) mass is 379 g/mol. The summed E-state index contributed by atoms with van der Waals surface area (Å²) in [6, 6.07) is 1.81. The molecule has 0 radical (unpaired) electrons. The van der Waals surface area contributed by atoms with Gasteiger partial charge in [-0.15, -0.1) is 0 Å². The molecule has 0 aliphatic carbocycles. The summed E-state index contributed by atoms with van der Waals surface area (Å²) in [5.74, 6) is 2.32. The summed E-state index contributed by atoms with van der Waals surface area (Å²) in [7, 11) is 2.03. The molecule has 2 fully saturated rings. The van der Waals surface area contributed by atoms with E-state index in [4.69, 9.17) is 0 Å². The van der Waals surface area contributed by atoms with Crippen LogP contribution in [0.1, 0.15) is 30.3 Å². The molecule has 2 aliphatic rings. The standard InChI is InChI=1S/C18H29N5O2S/c1-3-23-16(6-7-19-23)17(24)20-15-5-4-14(12-21(2)13-15)18(25)22-8-10-26-11-9-22/h6-7,14-15H,3-5,8-13H2,1-2H3,(H,20,24)/t14-,15+/m1/s1. The molecule has 1 aromatic heterocycles. The van der Waals surface area contributed by atoms with Gasteiger partial charge in [0.25, 0.3) is 5.91 Å². The number of rotatable bonds is 4. The largest absolute Gasteiger partial charge is 0.347 e. The number of aromatic nitrogens is 2. The number of thioether (sulfide) groups is 1. The van der Waals surface area contributed by atoms with Crippen LogP contribution >= 0.6 is 11.8 Å². The van der Waals surface area contributed by atoms with E-state index in [1.807, 2.05) is 30.6 Å². The molecular weight excluding hydrogens is 350 g/mol. The summed E-state index contributed by atoms with van der Waals surface area (Å²) in [6.45, 7) is 5.91. The van der Waals surface area contributed by atoms with E-state index in [0.29, 0.717) is 12.2 Å². The fraction of sp³-hybridized carbons (Fsp3) is 0.722. The Labute approximate surface area is 159 Å². The number of nitrogens with zero attached hydrogens (tertiary/aromatic N) is 4. The number of carbonyl (C=O) groups excluding carboxylic acids is 2. The highest BCUT2D eigenvalue weighted by Crippen LogP contribution is 2.21. The van der Waals surface area contributed by atoms with E-state index >= 15 is 0 Å². The minimum Gasteiger partial charge on any atom is -0.347 e. The van der Waals surface area contributed by atoms with Crippen LogP contribution in [0.25, 0.3) is 0 Å². The second-order valence-electron chi connectivity index (χ2n) is 7.14. The molecule has 144 valence electrons. The fourth-order valence-electron chi connectivity index (χ4n) is 3.81. The predicted octanol–water partition coefficient (Wildman–Crippen LogP) is 0.919. The lowest BCUT2D eigenvalue weighted by molar-refractivity contribution is -0.135. The summed E-state index contributed by atoms with van der Waals surface area (Å²) in [6.07, 6.45) is 3.31. The van der Waals surface area contributed by atoms with Crippen LogP contribution < -0.4 is 5.32 Å². The SMILES string of the molecule is CCn1nccc1C(=O)N[C@H]1CC[C@@H](C(=O)N2CCSCC2)CN(C)C1. The molecule has 3 rings (SSSR count). The zero-order valence-electron chi connectivity index (χ0n) is 15.7. The van der Waals surface area contributed by atoms with Gasteiger partial charge in [-0.2, -0.15) is 16.9 Å². The normalized spacial score (nSPS) is 24.9. The Morgan fingerprint density at radius 1 is 1.27 bits per heavy atom. The van der Waals surface area contributed by atoms with Gasteiger partial charge >= 0.3 is 0 Å². The van der Waals surface area contributed by atoms with E-state index in [-0.39, 0.29) is 23.8 Å². The number of aryl methyl sites for hydroxylation is 1. The van der Waals surface area contributed by atoms with Crippen LogP contribution in [-0.4, -0.2) is 82.2 Å². The summed E-state index contributed by atoms with van der Waals surface area (Å²) in [5.41, 5.74) is 0.595. The predicted molar refractivity (Wildman–Crippen MR) is 103 cm³/mol. The van der Waals surface area contributed by atoms with Gasteiger partial charge in [0.15, 0.2) is 0 Å². The van der Waals surface area contributed by atoms with E-state index in [2.05, 4.69) is 15.3 Å². The molecule has 2 saturated heterocycles. The second kappa shape index (κ2) is 8.90. The van der Waals surface area contributed by atoms with Crippen molar-refractivity contribution in [2.24, 2.45) is 5.92 Å². The minimum atomic E-state index is -0.0828. The third-order valence-electron chi connectivity index (χ3n) is 5.18. The average Bonchev–Trinajstić information content (AvgIpc) is 3.06. The van der Waals surface area contributed by atoms with Gasteiger partial charge in [-0.3, -0.25) is 14.3 Å². The van der Waals surface area contributed by atoms with E-state index in [1.54, 1.807) is 16.9 Å². The molecule has 8 heteroatoms. The minimum absolute atomic E-state index is 0.0335. The van der Waals surface area contributed by atoms with Crippen molar-refractivity contribution in [3.8, 4) is 0 Å². The summed E-state index contributed by atoms with van der Waals surface area (Å²) in [5, 5.41) is 7.30. The zero-order valence-corrected chi connectivity index (χ0v) is 16.5. The number of nitrogens with one attached hydrogen (secondary N) is 1. The number of amides is 2. The first-order valence-corrected chi connectivity index (χ1v) is 10.6. The molecule has 3 heterocycles. The maximum absolute atomic E-state index is 12.8. The van der Waals surface area contributed by atoms with Crippen LogP contribution in [-0.2, 0) is 11.3 Å². The van der Waals surface area contributed by atoms with Crippen molar-refractivity contribution >= 4 is 23.6 Å². The Bertz CT molecular complexity index is 629. The maximum atomic E-state index is 12.8. The van der Waals surface area contributed by atoms with E-state index in [9.17, 15) is 9.59 Å². The molecule has 1 aromatic rings. The van der Waals surface area contributed by atoms with Crippen molar-refractivity contribution < 1.29 is 9.59 Å². The third-order valence-corrected chi connectivity index (χ3v) is 6.13. The maximum Gasteiger partial charge on any atom is 0.269 e. The van der Waals surface area contributed by atoms with Gasteiger partial charge < -0.3 is 15.1 Å². The Morgan fingerprint density at radius 3 is 2.77 bits per heavy atom. The van der Waals surface area contributed by atoms with Gasteiger partial charge in [0, 0.05) is 56.5 Å². The first kappa shape index (κ1) is 19.2. The van der Waals surface area contributed by atoms with Gasteiger partial charge in [0.05, 0.1) is 5.92 Å². The zero-order chi connectivity index (χ0) is 18.5. The van der Waals surface area contributed by atoms with E-state index in [1.165, 1.54) is 0 Å². The first-order chi connectivity index (χ1) is 12.6. The van der Waals surface area contributed by atoms with Crippen molar-refractivity contribution in [1.82, 2.24) is 24.9 Å². The summed E-state index contributed by atoms with van der Waals surface area (Å²) >= 11 is 1.92. The molecule has 7 nitrogen and oxygen atoms in total. The number of carbonyl (C=O) groups is 2. The molecule has 0 aromatic carbocycles. The Balaban J connectivity index is 1.58. The molecule has 2 atom stereocenters.